The number of fused-ring (bicyclic) bond motifs is 1. The van der Waals surface area contributed by atoms with Crippen molar-refractivity contribution in [2.45, 2.75) is 18.8 Å². The molecular formula is C19H23N3O2. The molecule has 0 unspecified atom stereocenters. The van der Waals surface area contributed by atoms with Gasteiger partial charge in [-0.05, 0) is 25.0 Å². The van der Waals surface area contributed by atoms with Gasteiger partial charge in [0.05, 0.1) is 24.3 Å². The highest BCUT2D eigenvalue weighted by Crippen LogP contribution is 2.40. The van der Waals surface area contributed by atoms with E-state index in [0.717, 1.165) is 55.0 Å². The molecule has 126 valence electrons. The third-order valence-electron chi connectivity index (χ3n) is 4.79. The summed E-state index contributed by atoms with van der Waals surface area (Å²) in [6, 6.07) is 9.91. The number of pyridine rings is 1. The minimum Gasteiger partial charge on any atom is -0.379 e. The monoisotopic (exact) mass is 325 g/mol. The van der Waals surface area contributed by atoms with Crippen LogP contribution in [0, 0.1) is 0 Å². The molecule has 1 aliphatic carbocycles. The van der Waals surface area contributed by atoms with E-state index in [1.165, 1.54) is 12.8 Å². The van der Waals surface area contributed by atoms with Gasteiger partial charge in [-0.25, -0.2) is 0 Å². The average Bonchev–Trinajstić information content (AvgIpc) is 3.47. The van der Waals surface area contributed by atoms with Gasteiger partial charge in [0.15, 0.2) is 0 Å². The van der Waals surface area contributed by atoms with E-state index in [2.05, 4.69) is 10.2 Å². The molecular weight excluding hydrogens is 302 g/mol. The first-order valence-corrected chi connectivity index (χ1v) is 8.79. The fraction of sp³-hybridized carbons (Fsp3) is 0.474. The van der Waals surface area contributed by atoms with Crippen molar-refractivity contribution in [2.75, 3.05) is 39.4 Å². The van der Waals surface area contributed by atoms with Gasteiger partial charge in [-0.15, -0.1) is 0 Å². The van der Waals surface area contributed by atoms with Crippen molar-refractivity contribution in [3.8, 4) is 0 Å². The molecule has 2 aliphatic rings. The van der Waals surface area contributed by atoms with E-state index in [0.29, 0.717) is 12.5 Å². The number of rotatable bonds is 5. The quantitative estimate of drug-likeness (QED) is 0.915. The first kappa shape index (κ1) is 15.5. The lowest BCUT2D eigenvalue weighted by atomic mass is 10.1. The molecule has 2 fully saturated rings. The highest BCUT2D eigenvalue weighted by molar-refractivity contribution is 6.06. The maximum absolute atomic E-state index is 12.7. The van der Waals surface area contributed by atoms with Crippen LogP contribution in [0.2, 0.25) is 0 Å². The highest BCUT2D eigenvalue weighted by atomic mass is 16.5. The summed E-state index contributed by atoms with van der Waals surface area (Å²) in [5.41, 5.74) is 2.73. The van der Waals surface area contributed by atoms with Gasteiger partial charge < -0.3 is 10.1 Å². The van der Waals surface area contributed by atoms with E-state index in [4.69, 9.17) is 9.72 Å². The van der Waals surface area contributed by atoms with Gasteiger partial charge in [0, 0.05) is 43.2 Å². The molecule has 5 nitrogen and oxygen atoms in total. The van der Waals surface area contributed by atoms with Gasteiger partial charge in [-0.3, -0.25) is 14.7 Å². The van der Waals surface area contributed by atoms with Gasteiger partial charge in [0.2, 0.25) is 0 Å². The van der Waals surface area contributed by atoms with Crippen LogP contribution in [-0.4, -0.2) is 55.2 Å². The lowest BCUT2D eigenvalue weighted by Crippen LogP contribution is -2.41. The lowest BCUT2D eigenvalue weighted by molar-refractivity contribution is 0.0383. The Labute approximate surface area is 142 Å². The molecule has 4 rings (SSSR count). The molecule has 1 saturated heterocycles. The second-order valence-electron chi connectivity index (χ2n) is 6.60. The fourth-order valence-electron chi connectivity index (χ4n) is 3.22. The molecule has 2 aromatic rings. The van der Waals surface area contributed by atoms with E-state index in [-0.39, 0.29) is 5.91 Å². The van der Waals surface area contributed by atoms with Gasteiger partial charge in [-0.2, -0.15) is 0 Å². The summed E-state index contributed by atoms with van der Waals surface area (Å²) in [6.07, 6.45) is 2.37. The molecule has 1 N–H and O–H groups in total. The number of benzene rings is 1. The maximum Gasteiger partial charge on any atom is 0.252 e. The molecule has 24 heavy (non-hydrogen) atoms. The van der Waals surface area contributed by atoms with E-state index in [1.807, 2.05) is 30.3 Å². The minimum absolute atomic E-state index is 0.00348. The number of aromatic nitrogens is 1. The number of amides is 1. The number of carbonyl (C=O) groups excluding carboxylic acids is 1. The van der Waals surface area contributed by atoms with Crippen molar-refractivity contribution >= 4 is 16.8 Å². The van der Waals surface area contributed by atoms with Crippen LogP contribution in [0.15, 0.2) is 30.3 Å². The Morgan fingerprint density at radius 1 is 1.25 bits per heavy atom. The van der Waals surface area contributed by atoms with Crippen LogP contribution in [0.5, 0.6) is 0 Å². The predicted octanol–water partition coefficient (Wildman–Crippen LogP) is 2.17. The number of hydrogen-bond donors (Lipinski definition) is 1. The summed E-state index contributed by atoms with van der Waals surface area (Å²) in [5.74, 6) is 0.540. The Kier molecular flexibility index (Phi) is 4.45. The number of carbonyl (C=O) groups is 1. The lowest BCUT2D eigenvalue weighted by Gasteiger charge is -2.26. The molecule has 0 atom stereocenters. The Morgan fingerprint density at radius 3 is 2.83 bits per heavy atom. The van der Waals surface area contributed by atoms with E-state index in [1.54, 1.807) is 0 Å². The molecule has 0 radical (unpaired) electrons. The predicted molar refractivity (Wildman–Crippen MR) is 93.3 cm³/mol. The molecule has 1 saturated carbocycles. The van der Waals surface area contributed by atoms with Crippen molar-refractivity contribution in [1.82, 2.24) is 15.2 Å². The summed E-state index contributed by atoms with van der Waals surface area (Å²) in [4.78, 5) is 19.8. The van der Waals surface area contributed by atoms with Crippen molar-refractivity contribution in [1.29, 1.82) is 0 Å². The Balaban J connectivity index is 1.48. The highest BCUT2D eigenvalue weighted by Gasteiger charge is 2.26. The number of morpholine rings is 1. The Hall–Kier alpha value is -1.98. The zero-order valence-corrected chi connectivity index (χ0v) is 13.8. The summed E-state index contributed by atoms with van der Waals surface area (Å²) >= 11 is 0. The molecule has 1 aromatic carbocycles. The fourth-order valence-corrected chi connectivity index (χ4v) is 3.22. The van der Waals surface area contributed by atoms with Gasteiger partial charge in [-0.1, -0.05) is 18.2 Å². The zero-order chi connectivity index (χ0) is 16.4. The number of ether oxygens (including phenoxy) is 1. The van der Waals surface area contributed by atoms with E-state index in [9.17, 15) is 4.79 Å². The third-order valence-corrected chi connectivity index (χ3v) is 4.79. The average molecular weight is 325 g/mol. The van der Waals surface area contributed by atoms with E-state index < -0.39 is 0 Å². The second kappa shape index (κ2) is 6.87. The standard InChI is InChI=1S/C19H23N3O2/c23-19(20-7-8-22-9-11-24-12-10-22)16-13-18(14-5-6-14)21-17-4-2-1-3-15(16)17/h1-4,13-14H,5-12H2,(H,20,23). The summed E-state index contributed by atoms with van der Waals surface area (Å²) in [7, 11) is 0. The van der Waals surface area contributed by atoms with Crippen LogP contribution >= 0.6 is 0 Å². The maximum atomic E-state index is 12.7. The van der Waals surface area contributed by atoms with Crippen molar-refractivity contribution in [3.05, 3.63) is 41.6 Å². The Bertz CT molecular complexity index is 736. The number of nitrogens with one attached hydrogen (secondary N) is 1. The Morgan fingerprint density at radius 2 is 2.04 bits per heavy atom. The molecule has 2 heterocycles. The summed E-state index contributed by atoms with van der Waals surface area (Å²) < 4.78 is 5.35. The first-order chi connectivity index (χ1) is 11.8. The second-order valence-corrected chi connectivity index (χ2v) is 6.60. The first-order valence-electron chi connectivity index (χ1n) is 8.79. The molecule has 0 spiro atoms. The van der Waals surface area contributed by atoms with Crippen LogP contribution in [0.1, 0.15) is 34.8 Å². The van der Waals surface area contributed by atoms with E-state index >= 15 is 0 Å². The zero-order valence-electron chi connectivity index (χ0n) is 13.8. The summed E-state index contributed by atoms with van der Waals surface area (Å²) in [5, 5.41) is 4.01. The molecule has 1 amide bonds. The number of hydrogen-bond acceptors (Lipinski definition) is 4. The van der Waals surface area contributed by atoms with Crippen LogP contribution in [0.4, 0.5) is 0 Å². The number of nitrogens with zero attached hydrogens (tertiary/aromatic N) is 2. The van der Waals surface area contributed by atoms with Crippen molar-refractivity contribution < 1.29 is 9.53 Å². The van der Waals surface area contributed by atoms with Gasteiger partial charge in [0.1, 0.15) is 0 Å². The SMILES string of the molecule is O=C(NCCN1CCOCC1)c1cc(C2CC2)nc2ccccc12. The largest absolute Gasteiger partial charge is 0.379 e. The smallest absolute Gasteiger partial charge is 0.252 e. The topological polar surface area (TPSA) is 54.5 Å². The third kappa shape index (κ3) is 3.42. The minimum atomic E-state index is 0.00348. The van der Waals surface area contributed by atoms with Crippen molar-refractivity contribution in [2.24, 2.45) is 0 Å². The molecule has 5 heteroatoms. The van der Waals surface area contributed by atoms with Crippen molar-refractivity contribution in [3.63, 3.8) is 0 Å². The summed E-state index contributed by atoms with van der Waals surface area (Å²) in [6.45, 7) is 4.99. The van der Waals surface area contributed by atoms with Gasteiger partial charge in [0.25, 0.3) is 5.91 Å². The number of para-hydroxylation sites is 1. The molecule has 1 aliphatic heterocycles. The normalized spacial score (nSPS) is 18.7. The van der Waals surface area contributed by atoms with Gasteiger partial charge >= 0.3 is 0 Å². The molecule has 0 bridgehead atoms. The van der Waals surface area contributed by atoms with Crippen LogP contribution in [0.25, 0.3) is 10.9 Å². The van der Waals surface area contributed by atoms with Crippen LogP contribution in [0.3, 0.4) is 0 Å². The van der Waals surface area contributed by atoms with Crippen LogP contribution < -0.4 is 5.32 Å². The van der Waals surface area contributed by atoms with Crippen LogP contribution in [-0.2, 0) is 4.74 Å². The molecule has 1 aromatic heterocycles.